The molecule has 18 heavy (non-hydrogen) atoms. The molecule has 0 atom stereocenters. The molecule has 0 aromatic heterocycles. The Morgan fingerprint density at radius 3 is 2.17 bits per heavy atom. The Hall–Kier alpha value is -0.860. The van der Waals surface area contributed by atoms with E-state index in [1.807, 2.05) is 0 Å². The average molecular weight is 248 g/mol. The van der Waals surface area contributed by atoms with Crippen LogP contribution in [0.5, 0.6) is 0 Å². The molecule has 1 aromatic carbocycles. The van der Waals surface area contributed by atoms with Crippen molar-refractivity contribution >= 4 is 0 Å². The third-order valence-electron chi connectivity index (χ3n) is 3.47. The Bertz CT molecular complexity index is 312. The highest BCUT2D eigenvalue weighted by Crippen LogP contribution is 2.14. The normalized spacial score (nSPS) is 11.4. The fourth-order valence-corrected chi connectivity index (χ4v) is 2.03. The first-order valence-corrected chi connectivity index (χ1v) is 7.19. The van der Waals surface area contributed by atoms with Gasteiger partial charge in [-0.3, -0.25) is 0 Å². The van der Waals surface area contributed by atoms with Crippen molar-refractivity contribution in [2.75, 3.05) is 26.2 Å². The molecule has 0 saturated heterocycles. The fraction of sp³-hybridized carbons (Fsp3) is 0.625. The van der Waals surface area contributed by atoms with Crippen LogP contribution in [0.2, 0.25) is 0 Å². The minimum absolute atomic E-state index is 0.620. The summed E-state index contributed by atoms with van der Waals surface area (Å²) in [5.74, 6) is 0.620. The quantitative estimate of drug-likeness (QED) is 0.711. The molecule has 0 aliphatic heterocycles. The predicted octanol–water partition coefficient (Wildman–Crippen LogP) is 3.24. The van der Waals surface area contributed by atoms with E-state index in [1.54, 1.807) is 0 Å². The van der Waals surface area contributed by atoms with Crippen LogP contribution < -0.4 is 5.32 Å². The molecule has 2 nitrogen and oxygen atoms in total. The third-order valence-corrected chi connectivity index (χ3v) is 3.47. The van der Waals surface area contributed by atoms with E-state index in [-0.39, 0.29) is 0 Å². The van der Waals surface area contributed by atoms with Crippen molar-refractivity contribution in [2.45, 2.75) is 40.2 Å². The van der Waals surface area contributed by atoms with E-state index in [4.69, 9.17) is 0 Å². The number of rotatable bonds is 8. The third kappa shape index (κ3) is 5.19. The number of benzene rings is 1. The van der Waals surface area contributed by atoms with Gasteiger partial charge in [0.1, 0.15) is 0 Å². The van der Waals surface area contributed by atoms with Gasteiger partial charge in [0.25, 0.3) is 0 Å². The summed E-state index contributed by atoms with van der Waals surface area (Å²) in [7, 11) is 0. The lowest BCUT2D eigenvalue weighted by atomic mass is 10.0. The molecule has 0 saturated carbocycles. The van der Waals surface area contributed by atoms with Gasteiger partial charge in [0.2, 0.25) is 0 Å². The summed E-state index contributed by atoms with van der Waals surface area (Å²) < 4.78 is 0. The molecule has 2 heteroatoms. The number of likely N-dealkylation sites (N-methyl/N-ethyl adjacent to an activating group) is 1. The first-order valence-electron chi connectivity index (χ1n) is 7.19. The molecule has 0 spiro atoms. The molecule has 1 rings (SSSR count). The summed E-state index contributed by atoms with van der Waals surface area (Å²) in [6, 6.07) is 8.96. The van der Waals surface area contributed by atoms with Crippen molar-refractivity contribution in [3.05, 3.63) is 35.4 Å². The van der Waals surface area contributed by atoms with Gasteiger partial charge in [-0.1, -0.05) is 52.0 Å². The Morgan fingerprint density at radius 2 is 1.67 bits per heavy atom. The summed E-state index contributed by atoms with van der Waals surface area (Å²) in [5.41, 5.74) is 2.79. The van der Waals surface area contributed by atoms with Crippen LogP contribution in [0, 0.1) is 0 Å². The van der Waals surface area contributed by atoms with Crippen LogP contribution in [-0.2, 0) is 6.54 Å². The Morgan fingerprint density at radius 1 is 1.06 bits per heavy atom. The van der Waals surface area contributed by atoms with E-state index >= 15 is 0 Å². The second-order valence-electron chi connectivity index (χ2n) is 5.10. The first kappa shape index (κ1) is 15.2. The minimum atomic E-state index is 0.620. The smallest absolute Gasteiger partial charge is 0.0206 e. The fourth-order valence-electron chi connectivity index (χ4n) is 2.03. The Labute approximate surface area is 112 Å². The summed E-state index contributed by atoms with van der Waals surface area (Å²) in [5, 5.41) is 3.51. The van der Waals surface area contributed by atoms with Crippen molar-refractivity contribution in [1.82, 2.24) is 10.2 Å². The number of hydrogen-bond acceptors (Lipinski definition) is 2. The SMILES string of the molecule is CCN(CC)CCNCc1ccc(C(C)C)cc1. The monoisotopic (exact) mass is 248 g/mol. The highest BCUT2D eigenvalue weighted by molar-refractivity contribution is 5.24. The number of nitrogens with one attached hydrogen (secondary N) is 1. The van der Waals surface area contributed by atoms with Crippen LogP contribution in [0.1, 0.15) is 44.7 Å². The van der Waals surface area contributed by atoms with Crippen LogP contribution >= 0.6 is 0 Å². The maximum absolute atomic E-state index is 3.51. The molecular formula is C16H28N2. The van der Waals surface area contributed by atoms with Gasteiger partial charge in [-0.2, -0.15) is 0 Å². The second-order valence-corrected chi connectivity index (χ2v) is 5.10. The lowest BCUT2D eigenvalue weighted by Crippen LogP contribution is -2.31. The van der Waals surface area contributed by atoms with Crippen molar-refractivity contribution < 1.29 is 0 Å². The molecule has 102 valence electrons. The van der Waals surface area contributed by atoms with Crippen molar-refractivity contribution in [3.8, 4) is 0 Å². The van der Waals surface area contributed by atoms with E-state index in [0.29, 0.717) is 5.92 Å². The van der Waals surface area contributed by atoms with Gasteiger partial charge in [0.15, 0.2) is 0 Å². The molecular weight excluding hydrogens is 220 g/mol. The number of nitrogens with zero attached hydrogens (tertiary/aromatic N) is 1. The highest BCUT2D eigenvalue weighted by atomic mass is 15.1. The summed E-state index contributed by atoms with van der Waals surface area (Å²) in [4.78, 5) is 2.44. The molecule has 1 N–H and O–H groups in total. The number of hydrogen-bond donors (Lipinski definition) is 1. The van der Waals surface area contributed by atoms with E-state index in [9.17, 15) is 0 Å². The van der Waals surface area contributed by atoms with E-state index in [2.05, 4.69) is 62.2 Å². The molecule has 0 aliphatic carbocycles. The van der Waals surface area contributed by atoms with Gasteiger partial charge in [0.05, 0.1) is 0 Å². The van der Waals surface area contributed by atoms with Crippen LogP contribution in [0.25, 0.3) is 0 Å². The molecule has 1 aromatic rings. The van der Waals surface area contributed by atoms with E-state index < -0.39 is 0 Å². The lowest BCUT2D eigenvalue weighted by molar-refractivity contribution is 0.302. The molecule has 0 radical (unpaired) electrons. The Kier molecular flexibility index (Phi) is 6.99. The standard InChI is InChI=1S/C16H28N2/c1-5-18(6-2)12-11-17-13-15-7-9-16(10-8-15)14(3)4/h7-10,14,17H,5-6,11-13H2,1-4H3. The topological polar surface area (TPSA) is 15.3 Å². The van der Waals surface area contributed by atoms with Crippen molar-refractivity contribution in [1.29, 1.82) is 0 Å². The maximum Gasteiger partial charge on any atom is 0.0206 e. The molecule has 0 amide bonds. The molecule has 0 aliphatic rings. The summed E-state index contributed by atoms with van der Waals surface area (Å²) in [6.07, 6.45) is 0. The highest BCUT2D eigenvalue weighted by Gasteiger charge is 2.00. The van der Waals surface area contributed by atoms with Crippen LogP contribution in [0.15, 0.2) is 24.3 Å². The zero-order valence-electron chi connectivity index (χ0n) is 12.4. The summed E-state index contributed by atoms with van der Waals surface area (Å²) in [6.45, 7) is 14.4. The van der Waals surface area contributed by atoms with Gasteiger partial charge in [-0.05, 0) is 30.1 Å². The minimum Gasteiger partial charge on any atom is -0.311 e. The molecule has 0 bridgehead atoms. The Balaban J connectivity index is 2.27. The molecule has 0 heterocycles. The van der Waals surface area contributed by atoms with Gasteiger partial charge >= 0.3 is 0 Å². The van der Waals surface area contributed by atoms with Crippen LogP contribution in [-0.4, -0.2) is 31.1 Å². The van der Waals surface area contributed by atoms with Crippen molar-refractivity contribution in [2.24, 2.45) is 0 Å². The van der Waals surface area contributed by atoms with Crippen LogP contribution in [0.3, 0.4) is 0 Å². The van der Waals surface area contributed by atoms with E-state index in [0.717, 1.165) is 32.7 Å². The maximum atomic E-state index is 3.51. The molecule has 0 fully saturated rings. The van der Waals surface area contributed by atoms with Gasteiger partial charge in [-0.25, -0.2) is 0 Å². The predicted molar refractivity (Wildman–Crippen MR) is 80.0 cm³/mol. The molecule has 0 unspecified atom stereocenters. The summed E-state index contributed by atoms with van der Waals surface area (Å²) >= 11 is 0. The van der Waals surface area contributed by atoms with Gasteiger partial charge in [0, 0.05) is 19.6 Å². The van der Waals surface area contributed by atoms with Crippen molar-refractivity contribution in [3.63, 3.8) is 0 Å². The van der Waals surface area contributed by atoms with Gasteiger partial charge in [-0.15, -0.1) is 0 Å². The van der Waals surface area contributed by atoms with Gasteiger partial charge < -0.3 is 10.2 Å². The van der Waals surface area contributed by atoms with E-state index in [1.165, 1.54) is 11.1 Å². The zero-order valence-corrected chi connectivity index (χ0v) is 12.4. The second kappa shape index (κ2) is 8.28. The average Bonchev–Trinajstić information content (AvgIpc) is 2.39. The lowest BCUT2D eigenvalue weighted by Gasteiger charge is -2.18. The largest absolute Gasteiger partial charge is 0.311 e. The van der Waals surface area contributed by atoms with Crippen LogP contribution in [0.4, 0.5) is 0 Å². The zero-order chi connectivity index (χ0) is 13.4. The first-order chi connectivity index (χ1) is 8.67.